The van der Waals surface area contributed by atoms with E-state index in [2.05, 4.69) is 0 Å². The summed E-state index contributed by atoms with van der Waals surface area (Å²) in [5.74, 6) is 0.209. The van der Waals surface area contributed by atoms with Gasteiger partial charge in [0, 0.05) is 12.2 Å². The second kappa shape index (κ2) is 6.20. The molecule has 0 saturated heterocycles. The molecule has 0 aliphatic rings. The molecule has 19 heavy (non-hydrogen) atoms. The minimum Gasteiger partial charge on any atom is -0.489 e. The maximum Gasteiger partial charge on any atom is 0.152 e. The molecule has 0 fully saturated rings. The monoisotopic (exact) mass is 261 g/mol. The quantitative estimate of drug-likeness (QED) is 0.813. The number of nitrogens with two attached hydrogens (primary N) is 1. The zero-order valence-corrected chi connectivity index (χ0v) is 10.5. The average molecular weight is 261 g/mol. The molecule has 4 heteroatoms. The number of ether oxygens (including phenoxy) is 1. The minimum absolute atomic E-state index is 0.0486. The van der Waals surface area contributed by atoms with Crippen molar-refractivity contribution in [2.75, 3.05) is 12.3 Å². The molecule has 2 aromatic rings. The van der Waals surface area contributed by atoms with Crippen LogP contribution in [0.25, 0.3) is 0 Å². The van der Waals surface area contributed by atoms with Crippen LogP contribution in [-0.4, -0.2) is 11.7 Å². The lowest BCUT2D eigenvalue weighted by molar-refractivity contribution is 0.281. The van der Waals surface area contributed by atoms with Crippen molar-refractivity contribution in [1.82, 2.24) is 0 Å². The van der Waals surface area contributed by atoms with E-state index in [4.69, 9.17) is 15.6 Å². The molecule has 0 bridgehead atoms. The fourth-order valence-electron chi connectivity index (χ4n) is 1.84. The smallest absolute Gasteiger partial charge is 0.152 e. The van der Waals surface area contributed by atoms with E-state index in [1.54, 1.807) is 18.2 Å². The Hall–Kier alpha value is -2.07. The van der Waals surface area contributed by atoms with Crippen LogP contribution in [0.3, 0.4) is 0 Å². The Kier molecular flexibility index (Phi) is 4.36. The summed E-state index contributed by atoms with van der Waals surface area (Å²) in [7, 11) is 0. The van der Waals surface area contributed by atoms with E-state index >= 15 is 0 Å². The first kappa shape index (κ1) is 13.4. The van der Waals surface area contributed by atoms with Crippen LogP contribution < -0.4 is 10.5 Å². The number of aliphatic hydroxyl groups excluding tert-OH is 1. The lowest BCUT2D eigenvalue weighted by Gasteiger charge is -2.11. The van der Waals surface area contributed by atoms with Gasteiger partial charge in [-0.15, -0.1) is 0 Å². The first-order valence-corrected chi connectivity index (χ1v) is 6.07. The number of rotatable bonds is 5. The molecule has 0 amide bonds. The van der Waals surface area contributed by atoms with Gasteiger partial charge < -0.3 is 15.6 Å². The standard InChI is InChI=1S/C15H16FNO2/c16-15-12(5-3-6-13(15)17)10-19-14-7-2-1-4-11(14)8-9-18/h1-7,18H,8-10,17H2. The van der Waals surface area contributed by atoms with Crippen LogP contribution in [-0.2, 0) is 13.0 Å². The molecule has 2 aromatic carbocycles. The first-order valence-electron chi connectivity index (χ1n) is 6.07. The largest absolute Gasteiger partial charge is 0.489 e. The van der Waals surface area contributed by atoms with Gasteiger partial charge >= 0.3 is 0 Å². The number of para-hydroxylation sites is 1. The number of hydrogen-bond donors (Lipinski definition) is 2. The van der Waals surface area contributed by atoms with Gasteiger partial charge in [-0.05, 0) is 24.1 Å². The molecule has 3 N–H and O–H groups in total. The van der Waals surface area contributed by atoms with E-state index in [1.807, 2.05) is 18.2 Å². The lowest BCUT2D eigenvalue weighted by Crippen LogP contribution is -2.03. The fraction of sp³-hybridized carbons (Fsp3) is 0.200. The number of anilines is 1. The SMILES string of the molecule is Nc1cccc(COc2ccccc2CCO)c1F. The van der Waals surface area contributed by atoms with Gasteiger partial charge in [0.05, 0.1) is 5.69 Å². The minimum atomic E-state index is -0.442. The Balaban J connectivity index is 2.12. The van der Waals surface area contributed by atoms with E-state index in [0.717, 1.165) is 5.56 Å². The zero-order valence-electron chi connectivity index (χ0n) is 10.5. The third-order valence-electron chi connectivity index (χ3n) is 2.85. The van der Waals surface area contributed by atoms with Crippen LogP contribution in [0.2, 0.25) is 0 Å². The molecule has 100 valence electrons. The molecule has 0 heterocycles. The third-order valence-corrected chi connectivity index (χ3v) is 2.85. The zero-order chi connectivity index (χ0) is 13.7. The van der Waals surface area contributed by atoms with E-state index < -0.39 is 5.82 Å². The van der Waals surface area contributed by atoms with Crippen LogP contribution in [0.1, 0.15) is 11.1 Å². The van der Waals surface area contributed by atoms with Crippen LogP contribution in [0.15, 0.2) is 42.5 Å². The molecule has 0 saturated carbocycles. The van der Waals surface area contributed by atoms with Gasteiger partial charge in [-0.1, -0.05) is 30.3 Å². The van der Waals surface area contributed by atoms with Crippen molar-refractivity contribution in [3.63, 3.8) is 0 Å². The predicted molar refractivity (Wildman–Crippen MR) is 72.4 cm³/mol. The third kappa shape index (κ3) is 3.23. The average Bonchev–Trinajstić information content (AvgIpc) is 2.42. The first-order chi connectivity index (χ1) is 9.22. The molecule has 0 atom stereocenters. The van der Waals surface area contributed by atoms with Crippen molar-refractivity contribution in [2.45, 2.75) is 13.0 Å². The molecule has 2 rings (SSSR count). The molecule has 0 unspecified atom stereocenters. The summed E-state index contributed by atoms with van der Waals surface area (Å²) >= 11 is 0. The molecule has 0 spiro atoms. The van der Waals surface area contributed by atoms with E-state index in [-0.39, 0.29) is 18.9 Å². The number of hydrogen-bond acceptors (Lipinski definition) is 3. The highest BCUT2D eigenvalue weighted by atomic mass is 19.1. The summed E-state index contributed by atoms with van der Waals surface area (Å²) in [5.41, 5.74) is 6.93. The Bertz CT molecular complexity index is 558. The van der Waals surface area contributed by atoms with Gasteiger partial charge in [-0.2, -0.15) is 0 Å². The van der Waals surface area contributed by atoms with Gasteiger partial charge in [0.2, 0.25) is 0 Å². The summed E-state index contributed by atoms with van der Waals surface area (Å²) in [4.78, 5) is 0. The highest BCUT2D eigenvalue weighted by Gasteiger charge is 2.07. The molecular weight excluding hydrogens is 245 g/mol. The highest BCUT2D eigenvalue weighted by molar-refractivity contribution is 5.43. The second-order valence-corrected chi connectivity index (χ2v) is 4.19. The van der Waals surface area contributed by atoms with Gasteiger partial charge in [0.15, 0.2) is 5.82 Å². The van der Waals surface area contributed by atoms with Gasteiger partial charge in [0.25, 0.3) is 0 Å². The van der Waals surface area contributed by atoms with Crippen molar-refractivity contribution in [1.29, 1.82) is 0 Å². The van der Waals surface area contributed by atoms with Crippen LogP contribution >= 0.6 is 0 Å². The van der Waals surface area contributed by atoms with E-state index in [1.165, 1.54) is 6.07 Å². The Morgan fingerprint density at radius 3 is 2.58 bits per heavy atom. The molecule has 0 radical (unpaired) electrons. The Morgan fingerprint density at radius 2 is 1.79 bits per heavy atom. The highest BCUT2D eigenvalue weighted by Crippen LogP contribution is 2.21. The van der Waals surface area contributed by atoms with Crippen molar-refractivity contribution in [2.24, 2.45) is 0 Å². The number of nitrogen functional groups attached to an aromatic ring is 1. The summed E-state index contributed by atoms with van der Waals surface area (Å²) in [5, 5.41) is 8.98. The number of benzene rings is 2. The van der Waals surface area contributed by atoms with Gasteiger partial charge in [-0.25, -0.2) is 4.39 Å². The molecule has 0 aromatic heterocycles. The molecule has 0 aliphatic carbocycles. The van der Waals surface area contributed by atoms with Crippen molar-refractivity contribution in [3.8, 4) is 5.75 Å². The normalized spacial score (nSPS) is 10.4. The summed E-state index contributed by atoms with van der Waals surface area (Å²) in [6.45, 7) is 0.159. The molecule has 3 nitrogen and oxygen atoms in total. The summed E-state index contributed by atoms with van der Waals surface area (Å²) in [6.07, 6.45) is 0.510. The maximum atomic E-state index is 13.7. The second-order valence-electron chi connectivity index (χ2n) is 4.19. The molecular formula is C15H16FNO2. The Labute approximate surface area is 111 Å². The van der Waals surface area contributed by atoms with E-state index in [9.17, 15) is 4.39 Å². The Morgan fingerprint density at radius 1 is 1.05 bits per heavy atom. The maximum absolute atomic E-state index is 13.7. The predicted octanol–water partition coefficient (Wildman–Crippen LogP) is 2.52. The number of aliphatic hydroxyl groups is 1. The van der Waals surface area contributed by atoms with Crippen molar-refractivity contribution in [3.05, 3.63) is 59.4 Å². The van der Waals surface area contributed by atoms with Crippen molar-refractivity contribution < 1.29 is 14.2 Å². The summed E-state index contributed by atoms with van der Waals surface area (Å²) < 4.78 is 19.3. The van der Waals surface area contributed by atoms with Crippen LogP contribution in [0, 0.1) is 5.82 Å². The topological polar surface area (TPSA) is 55.5 Å². The van der Waals surface area contributed by atoms with Crippen LogP contribution in [0.5, 0.6) is 5.75 Å². The van der Waals surface area contributed by atoms with Gasteiger partial charge in [-0.3, -0.25) is 0 Å². The summed E-state index contributed by atoms with van der Waals surface area (Å²) in [6, 6.07) is 12.2. The fourth-order valence-corrected chi connectivity index (χ4v) is 1.84. The van der Waals surface area contributed by atoms with Crippen LogP contribution in [0.4, 0.5) is 10.1 Å². The number of halogens is 1. The van der Waals surface area contributed by atoms with E-state index in [0.29, 0.717) is 17.7 Å². The lowest BCUT2D eigenvalue weighted by atomic mass is 10.1. The molecule has 0 aliphatic heterocycles. The van der Waals surface area contributed by atoms with Crippen molar-refractivity contribution >= 4 is 5.69 Å². The van der Waals surface area contributed by atoms with Gasteiger partial charge in [0.1, 0.15) is 12.4 Å².